The lowest BCUT2D eigenvalue weighted by Crippen LogP contribution is -2.41. The van der Waals surface area contributed by atoms with Gasteiger partial charge in [0.15, 0.2) is 0 Å². The van der Waals surface area contributed by atoms with Gasteiger partial charge in [-0.25, -0.2) is 0 Å². The van der Waals surface area contributed by atoms with Crippen LogP contribution in [-0.2, 0) is 14.0 Å². The van der Waals surface area contributed by atoms with Crippen LogP contribution in [0.25, 0.3) is 0 Å². The van der Waals surface area contributed by atoms with Crippen molar-refractivity contribution in [2.75, 3.05) is 7.11 Å². The minimum atomic E-state index is -0.319. The van der Waals surface area contributed by atoms with Crippen molar-refractivity contribution in [3.63, 3.8) is 0 Å². The first-order chi connectivity index (χ1) is 10.3. The van der Waals surface area contributed by atoms with Crippen LogP contribution in [0.5, 0.6) is 0 Å². The highest BCUT2D eigenvalue weighted by Crippen LogP contribution is 2.37. The molecule has 1 saturated heterocycles. The van der Waals surface area contributed by atoms with E-state index in [0.29, 0.717) is 0 Å². The summed E-state index contributed by atoms with van der Waals surface area (Å²) >= 11 is 0. The second-order valence-corrected chi connectivity index (χ2v) is 6.89. The van der Waals surface area contributed by atoms with Crippen molar-refractivity contribution in [2.45, 2.75) is 57.8 Å². The van der Waals surface area contributed by atoms with Gasteiger partial charge >= 0.3 is 7.12 Å². The van der Waals surface area contributed by atoms with Crippen LogP contribution in [0.2, 0.25) is 0 Å². The van der Waals surface area contributed by atoms with E-state index in [1.54, 1.807) is 7.11 Å². The van der Waals surface area contributed by atoms with Gasteiger partial charge in [0.2, 0.25) is 0 Å². The molecule has 1 aromatic carbocycles. The fourth-order valence-electron chi connectivity index (χ4n) is 2.54. The molecule has 0 aliphatic carbocycles. The smallest absolute Gasteiger partial charge is 0.400 e. The Bertz CT molecular complexity index is 494. The third-order valence-electron chi connectivity index (χ3n) is 4.81. The first-order valence-electron chi connectivity index (χ1n) is 7.88. The summed E-state index contributed by atoms with van der Waals surface area (Å²) in [5.41, 5.74) is 0.610. The normalized spacial score (nSPS) is 22.9. The van der Waals surface area contributed by atoms with Crippen molar-refractivity contribution in [1.82, 2.24) is 0 Å². The second kappa shape index (κ2) is 6.57. The lowest BCUT2D eigenvalue weighted by atomic mass is 9.85. The molecule has 3 nitrogen and oxygen atoms in total. The molecule has 1 aliphatic rings. The van der Waals surface area contributed by atoms with E-state index in [1.807, 2.05) is 24.2 Å². The zero-order valence-corrected chi connectivity index (χ0v) is 14.5. The van der Waals surface area contributed by atoms with E-state index < -0.39 is 0 Å². The topological polar surface area (TPSA) is 27.7 Å². The molecule has 0 spiro atoms. The standard InChI is InChI=1S/C18H27BO3/c1-14(20-6)16(15-10-8-7-9-11-15)12-13-19-21-17(2,3)18(4,5)22-19/h7-14,16H,1-6H3/b13-12+/t14-,16-/m1/s1. The largest absolute Gasteiger partial charge is 0.486 e. The van der Waals surface area contributed by atoms with E-state index in [-0.39, 0.29) is 30.3 Å². The summed E-state index contributed by atoms with van der Waals surface area (Å²) in [4.78, 5) is 0. The SMILES string of the molecule is CO[C@H](C)[C@@H](/C=C/B1OC(C)(C)C(C)(C)O1)c1ccccc1. The maximum atomic E-state index is 6.01. The predicted octanol–water partition coefficient (Wildman–Crippen LogP) is 3.99. The highest BCUT2D eigenvalue weighted by atomic mass is 16.7. The molecule has 0 bridgehead atoms. The quantitative estimate of drug-likeness (QED) is 0.770. The number of ether oxygens (including phenoxy) is 1. The van der Waals surface area contributed by atoms with Crippen LogP contribution in [0.15, 0.2) is 42.4 Å². The Labute approximate surface area is 134 Å². The fourth-order valence-corrected chi connectivity index (χ4v) is 2.54. The van der Waals surface area contributed by atoms with Crippen LogP contribution in [0, 0.1) is 0 Å². The number of benzene rings is 1. The van der Waals surface area contributed by atoms with Gasteiger partial charge in [-0.1, -0.05) is 42.4 Å². The Morgan fingerprint density at radius 1 is 1.05 bits per heavy atom. The molecule has 2 atom stereocenters. The summed E-state index contributed by atoms with van der Waals surface area (Å²) in [7, 11) is 1.42. The second-order valence-electron chi connectivity index (χ2n) is 6.89. The summed E-state index contributed by atoms with van der Waals surface area (Å²) < 4.78 is 17.6. The monoisotopic (exact) mass is 302 g/mol. The van der Waals surface area contributed by atoms with Gasteiger partial charge in [-0.2, -0.15) is 0 Å². The van der Waals surface area contributed by atoms with Crippen LogP contribution < -0.4 is 0 Å². The molecule has 2 rings (SSSR count). The molecule has 0 N–H and O–H groups in total. The molecule has 0 aromatic heterocycles. The van der Waals surface area contributed by atoms with Crippen molar-refractivity contribution in [3.8, 4) is 0 Å². The molecule has 1 aliphatic heterocycles. The fraction of sp³-hybridized carbons (Fsp3) is 0.556. The van der Waals surface area contributed by atoms with Crippen molar-refractivity contribution in [1.29, 1.82) is 0 Å². The first kappa shape index (κ1) is 17.3. The summed E-state index contributed by atoms with van der Waals surface area (Å²) in [6.07, 6.45) is 2.21. The number of methoxy groups -OCH3 is 1. The van der Waals surface area contributed by atoms with Gasteiger partial charge in [0.25, 0.3) is 0 Å². The average Bonchev–Trinajstić information content (AvgIpc) is 2.67. The molecule has 1 heterocycles. The van der Waals surface area contributed by atoms with Gasteiger partial charge in [0.05, 0.1) is 17.3 Å². The predicted molar refractivity (Wildman–Crippen MR) is 90.9 cm³/mol. The summed E-state index contributed by atoms with van der Waals surface area (Å²) in [6.45, 7) is 10.3. The molecule has 0 unspecified atom stereocenters. The van der Waals surface area contributed by atoms with E-state index in [9.17, 15) is 0 Å². The Hall–Kier alpha value is -1.10. The third-order valence-corrected chi connectivity index (χ3v) is 4.81. The Kier molecular flexibility index (Phi) is 5.16. The molecule has 0 saturated carbocycles. The van der Waals surface area contributed by atoms with Crippen LogP contribution in [-0.4, -0.2) is 31.5 Å². The highest BCUT2D eigenvalue weighted by molar-refractivity contribution is 6.51. The van der Waals surface area contributed by atoms with Crippen molar-refractivity contribution < 1.29 is 14.0 Å². The Balaban J connectivity index is 2.15. The summed E-state index contributed by atoms with van der Waals surface area (Å²) in [6, 6.07) is 10.4. The van der Waals surface area contributed by atoms with E-state index in [2.05, 4.69) is 52.8 Å². The maximum absolute atomic E-state index is 6.01. The molecule has 0 amide bonds. The van der Waals surface area contributed by atoms with Gasteiger partial charge < -0.3 is 14.0 Å². The molecule has 120 valence electrons. The molecule has 0 radical (unpaired) electrons. The molecular weight excluding hydrogens is 275 g/mol. The summed E-state index contributed by atoms with van der Waals surface area (Å²) in [5, 5.41) is 0. The Morgan fingerprint density at radius 3 is 2.09 bits per heavy atom. The molecular formula is C18H27BO3. The number of hydrogen-bond acceptors (Lipinski definition) is 3. The molecule has 22 heavy (non-hydrogen) atoms. The van der Waals surface area contributed by atoms with Gasteiger partial charge in [0.1, 0.15) is 0 Å². The molecule has 1 fully saturated rings. The van der Waals surface area contributed by atoms with Crippen molar-refractivity contribution >= 4 is 7.12 Å². The molecule has 1 aromatic rings. The third kappa shape index (κ3) is 3.62. The number of rotatable bonds is 5. The zero-order chi connectivity index (χ0) is 16.4. The lowest BCUT2D eigenvalue weighted by molar-refractivity contribution is 0.00578. The highest BCUT2D eigenvalue weighted by Gasteiger charge is 2.50. The number of hydrogen-bond donors (Lipinski definition) is 0. The van der Waals surface area contributed by atoms with E-state index in [1.165, 1.54) is 5.56 Å². The van der Waals surface area contributed by atoms with Gasteiger partial charge in [-0.15, -0.1) is 0 Å². The Morgan fingerprint density at radius 2 is 1.59 bits per heavy atom. The minimum Gasteiger partial charge on any atom is -0.400 e. The molecule has 4 heteroatoms. The van der Waals surface area contributed by atoms with E-state index in [0.717, 1.165) is 0 Å². The summed E-state index contributed by atoms with van der Waals surface area (Å²) in [5.74, 6) is 2.18. The first-order valence-corrected chi connectivity index (χ1v) is 7.88. The maximum Gasteiger partial charge on any atom is 0.486 e. The minimum absolute atomic E-state index is 0.0843. The van der Waals surface area contributed by atoms with Crippen LogP contribution in [0.1, 0.15) is 46.1 Å². The van der Waals surface area contributed by atoms with Gasteiger partial charge in [-0.05, 0) is 40.2 Å². The van der Waals surface area contributed by atoms with Crippen LogP contribution in [0.4, 0.5) is 0 Å². The lowest BCUT2D eigenvalue weighted by Gasteiger charge is -2.32. The van der Waals surface area contributed by atoms with Crippen LogP contribution in [0.3, 0.4) is 0 Å². The van der Waals surface area contributed by atoms with Gasteiger partial charge in [-0.3, -0.25) is 0 Å². The van der Waals surface area contributed by atoms with Crippen molar-refractivity contribution in [3.05, 3.63) is 47.9 Å². The van der Waals surface area contributed by atoms with Crippen LogP contribution >= 0.6 is 0 Å². The van der Waals surface area contributed by atoms with E-state index >= 15 is 0 Å². The van der Waals surface area contributed by atoms with E-state index in [4.69, 9.17) is 14.0 Å². The van der Waals surface area contributed by atoms with Crippen molar-refractivity contribution in [2.24, 2.45) is 0 Å². The van der Waals surface area contributed by atoms with Gasteiger partial charge in [0, 0.05) is 13.0 Å². The zero-order valence-electron chi connectivity index (χ0n) is 14.5. The average molecular weight is 302 g/mol.